The quantitative estimate of drug-likeness (QED) is 0.225. The summed E-state index contributed by atoms with van der Waals surface area (Å²) in [6.07, 6.45) is 0.672. The first-order chi connectivity index (χ1) is 18.2. The van der Waals surface area contributed by atoms with Crippen molar-refractivity contribution in [3.05, 3.63) is 89.3 Å². The monoisotopic (exact) mass is 527 g/mol. The molecule has 3 aromatic rings. The van der Waals surface area contributed by atoms with Crippen LogP contribution in [0.2, 0.25) is 0 Å². The van der Waals surface area contributed by atoms with Crippen LogP contribution in [0, 0.1) is 0 Å². The zero-order valence-electron chi connectivity index (χ0n) is 22.3. The summed E-state index contributed by atoms with van der Waals surface area (Å²) in [6.45, 7) is 7.78. The minimum Gasteiger partial charge on any atom is -0.513 e. The number of allylic oxidation sites excluding steroid dienone is 1. The number of alkyl halides is 3. The van der Waals surface area contributed by atoms with E-state index in [1.807, 2.05) is 18.2 Å². The molecule has 4 nitrogen and oxygen atoms in total. The average Bonchev–Trinajstić information content (AvgIpc) is 2.90. The van der Waals surface area contributed by atoms with Crippen LogP contribution in [0.5, 0.6) is 11.5 Å². The molecule has 0 radical (unpaired) electrons. The van der Waals surface area contributed by atoms with E-state index in [4.69, 9.17) is 14.5 Å². The number of aliphatic hydroxyl groups is 1. The van der Waals surface area contributed by atoms with Crippen molar-refractivity contribution in [2.75, 3.05) is 7.11 Å². The molecular formula is C31H36F3NO3. The number of methoxy groups -OCH3 is 1. The summed E-state index contributed by atoms with van der Waals surface area (Å²) >= 11 is 0. The van der Waals surface area contributed by atoms with Crippen LogP contribution >= 0.6 is 0 Å². The van der Waals surface area contributed by atoms with Crippen LogP contribution in [0.3, 0.4) is 0 Å². The number of ether oxygens (including phenoxy) is 2. The standard InChI is InChI=1S/C31H36F3NO3/c1-5-7-12-28(27-11-8-10-26(35-27)23-15-17-25(18-16-23)31(32,33)34)38-30-24(9-6-2)19-22(14-13-21(3)36)20-29(30)37-4/h8,10-11,15-20,28,36H,3,5-7,9,12-14H2,1-2,4H3. The van der Waals surface area contributed by atoms with E-state index in [1.54, 1.807) is 13.2 Å². The van der Waals surface area contributed by atoms with E-state index in [0.29, 0.717) is 41.3 Å². The van der Waals surface area contributed by atoms with Crippen LogP contribution in [0.15, 0.2) is 66.9 Å². The lowest BCUT2D eigenvalue weighted by molar-refractivity contribution is -0.137. The molecule has 7 heteroatoms. The average molecular weight is 528 g/mol. The summed E-state index contributed by atoms with van der Waals surface area (Å²) in [6, 6.07) is 14.6. The van der Waals surface area contributed by atoms with Crippen molar-refractivity contribution in [2.24, 2.45) is 0 Å². The first-order valence-electron chi connectivity index (χ1n) is 13.0. The first-order valence-corrected chi connectivity index (χ1v) is 13.0. The minimum atomic E-state index is -4.39. The number of benzene rings is 2. The normalized spacial score (nSPS) is 12.3. The second kappa shape index (κ2) is 13.4. The molecule has 0 amide bonds. The molecule has 1 aromatic heterocycles. The maximum Gasteiger partial charge on any atom is 0.416 e. The summed E-state index contributed by atoms with van der Waals surface area (Å²) < 4.78 is 51.4. The van der Waals surface area contributed by atoms with Crippen LogP contribution in [-0.2, 0) is 19.0 Å². The summed E-state index contributed by atoms with van der Waals surface area (Å²) in [7, 11) is 1.61. The van der Waals surface area contributed by atoms with Crippen LogP contribution in [0.1, 0.15) is 74.4 Å². The Hall–Kier alpha value is -3.48. The van der Waals surface area contributed by atoms with Crippen LogP contribution in [0.25, 0.3) is 11.3 Å². The highest BCUT2D eigenvalue weighted by atomic mass is 19.4. The highest BCUT2D eigenvalue weighted by Gasteiger charge is 2.30. The highest BCUT2D eigenvalue weighted by Crippen LogP contribution is 2.39. The second-order valence-electron chi connectivity index (χ2n) is 9.37. The lowest BCUT2D eigenvalue weighted by atomic mass is 10.0. The number of pyridine rings is 1. The lowest BCUT2D eigenvalue weighted by Crippen LogP contribution is -2.12. The summed E-state index contributed by atoms with van der Waals surface area (Å²) in [5.74, 6) is 1.43. The molecular weight excluding hydrogens is 491 g/mol. The molecule has 1 atom stereocenters. The van der Waals surface area contributed by atoms with Crippen molar-refractivity contribution in [3.63, 3.8) is 0 Å². The van der Waals surface area contributed by atoms with Crippen LogP contribution < -0.4 is 9.47 Å². The van der Waals surface area contributed by atoms with Gasteiger partial charge in [0.2, 0.25) is 0 Å². The molecule has 0 spiro atoms. The summed E-state index contributed by atoms with van der Waals surface area (Å²) in [5, 5.41) is 9.54. The van der Waals surface area contributed by atoms with Gasteiger partial charge >= 0.3 is 6.18 Å². The van der Waals surface area contributed by atoms with E-state index >= 15 is 0 Å². The van der Waals surface area contributed by atoms with Gasteiger partial charge in [0, 0.05) is 12.0 Å². The van der Waals surface area contributed by atoms with Crippen molar-refractivity contribution < 1.29 is 27.8 Å². The molecule has 3 rings (SSSR count). The highest BCUT2D eigenvalue weighted by molar-refractivity contribution is 5.60. The number of hydrogen-bond acceptors (Lipinski definition) is 4. The maximum atomic E-state index is 13.0. The molecule has 1 heterocycles. The molecule has 0 aliphatic rings. The molecule has 0 aliphatic heterocycles. The molecule has 0 bridgehead atoms. The van der Waals surface area contributed by atoms with E-state index < -0.39 is 11.7 Å². The number of hydrogen-bond donors (Lipinski definition) is 1. The van der Waals surface area contributed by atoms with E-state index in [2.05, 4.69) is 26.5 Å². The zero-order chi connectivity index (χ0) is 27.7. The number of aryl methyl sites for hydroxylation is 2. The van der Waals surface area contributed by atoms with Gasteiger partial charge < -0.3 is 14.6 Å². The molecule has 0 saturated carbocycles. The number of nitrogens with zero attached hydrogens (tertiary/aromatic N) is 1. The molecule has 0 saturated heterocycles. The summed E-state index contributed by atoms with van der Waals surface area (Å²) in [5.41, 5.74) is 3.26. The van der Waals surface area contributed by atoms with Gasteiger partial charge in [0.25, 0.3) is 0 Å². The Balaban J connectivity index is 1.97. The van der Waals surface area contributed by atoms with Crippen molar-refractivity contribution in [1.82, 2.24) is 4.98 Å². The Morgan fingerprint density at radius 1 is 1.03 bits per heavy atom. The number of halogens is 3. The van der Waals surface area contributed by atoms with Gasteiger partial charge in [0.15, 0.2) is 11.5 Å². The SMILES string of the molecule is C=C(O)CCc1cc(CCC)c(OC(CCCC)c2cccc(-c3ccc(C(F)(F)F)cc3)n2)c(OC)c1. The molecule has 0 aliphatic carbocycles. The van der Waals surface area contributed by atoms with Crippen molar-refractivity contribution in [1.29, 1.82) is 0 Å². The fourth-order valence-corrected chi connectivity index (χ4v) is 4.32. The van der Waals surface area contributed by atoms with Gasteiger partial charge in [-0.25, -0.2) is 4.98 Å². The Kier molecular flexibility index (Phi) is 10.2. The molecule has 2 aromatic carbocycles. The van der Waals surface area contributed by atoms with Crippen LogP contribution in [0.4, 0.5) is 13.2 Å². The van der Waals surface area contributed by atoms with Crippen molar-refractivity contribution >= 4 is 0 Å². The fourth-order valence-electron chi connectivity index (χ4n) is 4.32. The minimum absolute atomic E-state index is 0.139. The van der Waals surface area contributed by atoms with Gasteiger partial charge in [-0.05, 0) is 67.1 Å². The third kappa shape index (κ3) is 7.76. The zero-order valence-corrected chi connectivity index (χ0v) is 22.3. The Labute approximate surface area is 223 Å². The van der Waals surface area contributed by atoms with Crippen molar-refractivity contribution in [3.8, 4) is 22.8 Å². The molecule has 0 fully saturated rings. The number of aliphatic hydroxyl groups excluding tert-OH is 1. The largest absolute Gasteiger partial charge is 0.513 e. The Bertz CT molecular complexity index is 1210. The maximum absolute atomic E-state index is 13.0. The van der Waals surface area contributed by atoms with E-state index in [0.717, 1.165) is 55.4 Å². The molecule has 1 unspecified atom stereocenters. The van der Waals surface area contributed by atoms with Gasteiger partial charge in [-0.2, -0.15) is 13.2 Å². The lowest BCUT2D eigenvalue weighted by Gasteiger charge is -2.23. The topological polar surface area (TPSA) is 51.6 Å². The fraction of sp³-hybridized carbons (Fsp3) is 0.387. The van der Waals surface area contributed by atoms with E-state index in [-0.39, 0.29) is 11.9 Å². The van der Waals surface area contributed by atoms with E-state index in [9.17, 15) is 18.3 Å². The molecule has 1 N–H and O–H groups in total. The predicted octanol–water partition coefficient (Wildman–Crippen LogP) is 9.04. The smallest absolute Gasteiger partial charge is 0.416 e. The second-order valence-corrected chi connectivity index (χ2v) is 9.37. The van der Waals surface area contributed by atoms with Crippen LogP contribution in [-0.4, -0.2) is 17.2 Å². The van der Waals surface area contributed by atoms with E-state index in [1.165, 1.54) is 12.1 Å². The summed E-state index contributed by atoms with van der Waals surface area (Å²) in [4.78, 5) is 4.80. The molecule has 38 heavy (non-hydrogen) atoms. The molecule has 204 valence electrons. The third-order valence-electron chi connectivity index (χ3n) is 6.32. The number of rotatable bonds is 13. The van der Waals surface area contributed by atoms with Gasteiger partial charge in [0.1, 0.15) is 6.10 Å². The first kappa shape index (κ1) is 29.1. The van der Waals surface area contributed by atoms with Gasteiger partial charge in [-0.1, -0.05) is 57.5 Å². The predicted molar refractivity (Wildman–Crippen MR) is 145 cm³/mol. The number of aromatic nitrogens is 1. The van der Waals surface area contributed by atoms with Crippen molar-refractivity contribution in [2.45, 2.75) is 71.1 Å². The van der Waals surface area contributed by atoms with Gasteiger partial charge in [0.05, 0.1) is 29.8 Å². The Morgan fingerprint density at radius 2 is 1.76 bits per heavy atom. The van der Waals surface area contributed by atoms with Gasteiger partial charge in [-0.15, -0.1) is 0 Å². The Morgan fingerprint density at radius 3 is 2.37 bits per heavy atom. The number of unbranched alkanes of at least 4 members (excludes halogenated alkanes) is 1. The van der Waals surface area contributed by atoms with Gasteiger partial charge in [-0.3, -0.25) is 0 Å². The third-order valence-corrected chi connectivity index (χ3v) is 6.32.